The number of fused-ring (bicyclic) bond motifs is 3. The molecule has 3 heterocycles. The van der Waals surface area contributed by atoms with Gasteiger partial charge < -0.3 is 5.32 Å². The van der Waals surface area contributed by atoms with Crippen LogP contribution in [-0.4, -0.2) is 21.5 Å². The first-order valence-electron chi connectivity index (χ1n) is 7.59. The molecule has 0 atom stereocenters. The highest BCUT2D eigenvalue weighted by molar-refractivity contribution is 7.26. The Kier molecular flexibility index (Phi) is 3.42. The van der Waals surface area contributed by atoms with Crippen LogP contribution in [0.2, 0.25) is 5.02 Å². The van der Waals surface area contributed by atoms with Crippen molar-refractivity contribution in [3.63, 3.8) is 0 Å². The molecule has 0 spiro atoms. The predicted octanol–water partition coefficient (Wildman–Crippen LogP) is 4.72. The Balaban J connectivity index is 1.85. The highest BCUT2D eigenvalue weighted by atomic mass is 35.5. The third-order valence-electron chi connectivity index (χ3n) is 4.53. The second kappa shape index (κ2) is 5.32. The van der Waals surface area contributed by atoms with Gasteiger partial charge in [-0.1, -0.05) is 18.0 Å². The van der Waals surface area contributed by atoms with Crippen molar-refractivity contribution in [1.29, 1.82) is 0 Å². The number of hydrogen-bond acceptors (Lipinski definition) is 5. The lowest BCUT2D eigenvalue weighted by atomic mass is 9.85. The van der Waals surface area contributed by atoms with Gasteiger partial charge in [0.1, 0.15) is 17.0 Å². The minimum absolute atomic E-state index is 0.731. The van der Waals surface area contributed by atoms with E-state index in [0.29, 0.717) is 0 Å². The number of halogens is 1. The minimum Gasteiger partial charge on any atom is -0.369 e. The van der Waals surface area contributed by atoms with Gasteiger partial charge in [-0.25, -0.2) is 15.0 Å². The quantitative estimate of drug-likeness (QED) is 0.753. The summed E-state index contributed by atoms with van der Waals surface area (Å²) in [6.07, 6.45) is 5.63. The SMILES string of the molecule is Cc1nc2sc3c(NCC4CCC4)ncnc3c2c(C)c1Cl. The number of nitrogens with zero attached hydrogens (tertiary/aromatic N) is 3. The molecule has 1 fully saturated rings. The van der Waals surface area contributed by atoms with Crippen molar-refractivity contribution in [3.05, 3.63) is 22.6 Å². The predicted molar refractivity (Wildman–Crippen MR) is 93.0 cm³/mol. The number of nitrogens with one attached hydrogen (secondary N) is 1. The van der Waals surface area contributed by atoms with Gasteiger partial charge in [0.2, 0.25) is 0 Å². The van der Waals surface area contributed by atoms with Gasteiger partial charge in [0, 0.05) is 11.9 Å². The van der Waals surface area contributed by atoms with E-state index in [1.54, 1.807) is 17.7 Å². The molecule has 0 amide bonds. The van der Waals surface area contributed by atoms with Gasteiger partial charge >= 0.3 is 0 Å². The molecule has 0 unspecified atom stereocenters. The number of pyridine rings is 1. The lowest BCUT2D eigenvalue weighted by molar-refractivity contribution is 0.333. The molecule has 22 heavy (non-hydrogen) atoms. The van der Waals surface area contributed by atoms with E-state index in [9.17, 15) is 0 Å². The van der Waals surface area contributed by atoms with E-state index in [2.05, 4.69) is 20.3 Å². The van der Waals surface area contributed by atoms with E-state index in [4.69, 9.17) is 11.6 Å². The molecule has 0 radical (unpaired) electrons. The van der Waals surface area contributed by atoms with Crippen LogP contribution in [0.3, 0.4) is 0 Å². The number of anilines is 1. The summed E-state index contributed by atoms with van der Waals surface area (Å²) >= 11 is 8.01. The van der Waals surface area contributed by atoms with E-state index in [-0.39, 0.29) is 0 Å². The summed E-state index contributed by atoms with van der Waals surface area (Å²) in [7, 11) is 0. The van der Waals surface area contributed by atoms with Crippen LogP contribution in [0.5, 0.6) is 0 Å². The molecule has 3 aromatic heterocycles. The van der Waals surface area contributed by atoms with E-state index in [0.717, 1.165) is 55.0 Å². The van der Waals surface area contributed by atoms with Crippen molar-refractivity contribution in [2.75, 3.05) is 11.9 Å². The van der Waals surface area contributed by atoms with Crippen LogP contribution in [-0.2, 0) is 0 Å². The van der Waals surface area contributed by atoms with E-state index >= 15 is 0 Å². The summed E-state index contributed by atoms with van der Waals surface area (Å²) in [5, 5.41) is 5.29. The molecule has 3 aromatic rings. The molecular formula is C16H17ClN4S. The van der Waals surface area contributed by atoms with Gasteiger partial charge in [-0.2, -0.15) is 0 Å². The first-order chi connectivity index (χ1) is 10.6. The fourth-order valence-corrected chi connectivity index (χ4v) is 4.30. The molecule has 4 rings (SSSR count). The molecule has 0 aliphatic heterocycles. The van der Waals surface area contributed by atoms with Crippen molar-refractivity contribution >= 4 is 49.2 Å². The summed E-state index contributed by atoms with van der Waals surface area (Å²) in [4.78, 5) is 14.5. The third-order valence-corrected chi connectivity index (χ3v) is 6.16. The highest BCUT2D eigenvalue weighted by Gasteiger charge is 2.20. The molecule has 0 saturated heterocycles. The normalized spacial score (nSPS) is 15.4. The monoisotopic (exact) mass is 332 g/mol. The number of aromatic nitrogens is 3. The standard InChI is InChI=1S/C16H17ClN4S/c1-8-11-13-14(22-16(11)21-9(2)12(8)17)15(20-7-19-13)18-6-10-4-3-5-10/h7,10H,3-6H2,1-2H3,(H,18,19,20). The lowest BCUT2D eigenvalue weighted by Gasteiger charge is -2.25. The van der Waals surface area contributed by atoms with Crippen molar-refractivity contribution in [1.82, 2.24) is 15.0 Å². The van der Waals surface area contributed by atoms with Crippen LogP contribution in [0.4, 0.5) is 5.82 Å². The summed E-state index contributed by atoms with van der Waals surface area (Å²) in [6, 6.07) is 0. The average Bonchev–Trinajstić information content (AvgIpc) is 2.82. The first kappa shape index (κ1) is 14.2. The Morgan fingerprint density at radius 1 is 1.32 bits per heavy atom. The second-order valence-corrected chi connectivity index (χ2v) is 7.37. The number of thiophene rings is 1. The summed E-state index contributed by atoms with van der Waals surface area (Å²) in [5.74, 6) is 1.71. The zero-order valence-corrected chi connectivity index (χ0v) is 14.2. The smallest absolute Gasteiger partial charge is 0.147 e. The molecule has 0 bridgehead atoms. The van der Waals surface area contributed by atoms with Gasteiger partial charge in [0.15, 0.2) is 0 Å². The van der Waals surface area contributed by atoms with Crippen LogP contribution in [0.1, 0.15) is 30.5 Å². The Bertz CT molecular complexity index is 870. The van der Waals surface area contributed by atoms with Gasteiger partial charge in [-0.05, 0) is 38.2 Å². The number of aryl methyl sites for hydroxylation is 2. The fourth-order valence-electron chi connectivity index (χ4n) is 2.96. The fraction of sp³-hybridized carbons (Fsp3) is 0.438. The Labute approximate surface area is 137 Å². The van der Waals surface area contributed by atoms with Crippen molar-refractivity contribution in [2.24, 2.45) is 5.92 Å². The lowest BCUT2D eigenvalue weighted by Crippen LogP contribution is -2.21. The highest BCUT2D eigenvalue weighted by Crippen LogP contribution is 2.39. The first-order valence-corrected chi connectivity index (χ1v) is 8.78. The molecule has 4 nitrogen and oxygen atoms in total. The van der Waals surface area contributed by atoms with Crippen LogP contribution >= 0.6 is 22.9 Å². The average molecular weight is 333 g/mol. The molecule has 114 valence electrons. The third kappa shape index (κ3) is 2.15. The maximum atomic E-state index is 6.37. The molecule has 1 saturated carbocycles. The molecule has 1 N–H and O–H groups in total. The summed E-state index contributed by atoms with van der Waals surface area (Å²) in [6.45, 7) is 4.97. The van der Waals surface area contributed by atoms with Crippen molar-refractivity contribution < 1.29 is 0 Å². The van der Waals surface area contributed by atoms with E-state index < -0.39 is 0 Å². The topological polar surface area (TPSA) is 50.7 Å². The van der Waals surface area contributed by atoms with Crippen LogP contribution < -0.4 is 5.32 Å². The largest absolute Gasteiger partial charge is 0.369 e. The summed E-state index contributed by atoms with van der Waals surface area (Å²) in [5.41, 5.74) is 2.88. The van der Waals surface area contributed by atoms with Gasteiger partial charge in [0.05, 0.1) is 20.9 Å². The Morgan fingerprint density at radius 2 is 2.14 bits per heavy atom. The van der Waals surface area contributed by atoms with Crippen LogP contribution in [0.25, 0.3) is 20.4 Å². The van der Waals surface area contributed by atoms with E-state index in [1.165, 1.54) is 19.3 Å². The molecule has 0 aromatic carbocycles. The maximum absolute atomic E-state index is 6.37. The van der Waals surface area contributed by atoms with Crippen LogP contribution in [0.15, 0.2) is 6.33 Å². The second-order valence-electron chi connectivity index (χ2n) is 6.00. The maximum Gasteiger partial charge on any atom is 0.147 e. The molecule has 1 aliphatic carbocycles. The Morgan fingerprint density at radius 3 is 2.86 bits per heavy atom. The van der Waals surface area contributed by atoms with E-state index in [1.807, 2.05) is 13.8 Å². The number of hydrogen-bond donors (Lipinski definition) is 1. The molecule has 1 aliphatic rings. The van der Waals surface area contributed by atoms with Crippen molar-refractivity contribution in [2.45, 2.75) is 33.1 Å². The summed E-state index contributed by atoms with van der Waals surface area (Å²) < 4.78 is 1.08. The zero-order valence-electron chi connectivity index (χ0n) is 12.6. The zero-order chi connectivity index (χ0) is 15.3. The Hall–Kier alpha value is -1.46. The minimum atomic E-state index is 0.731. The van der Waals surface area contributed by atoms with Crippen molar-refractivity contribution in [3.8, 4) is 0 Å². The van der Waals surface area contributed by atoms with Gasteiger partial charge in [-0.3, -0.25) is 0 Å². The molecular weight excluding hydrogens is 316 g/mol. The number of rotatable bonds is 3. The van der Waals surface area contributed by atoms with Gasteiger partial charge in [-0.15, -0.1) is 11.3 Å². The molecule has 6 heteroatoms. The van der Waals surface area contributed by atoms with Gasteiger partial charge in [0.25, 0.3) is 0 Å². The van der Waals surface area contributed by atoms with Crippen LogP contribution in [0, 0.1) is 19.8 Å².